The Bertz CT molecular complexity index is 449. The van der Waals surface area contributed by atoms with Crippen LogP contribution >= 0.6 is 11.6 Å². The zero-order chi connectivity index (χ0) is 10.8. The average molecular weight is 223 g/mol. The van der Waals surface area contributed by atoms with Crippen molar-refractivity contribution in [2.45, 2.75) is 6.04 Å². The van der Waals surface area contributed by atoms with Crippen molar-refractivity contribution in [3.63, 3.8) is 0 Å². The molecule has 0 radical (unpaired) electrons. The quantitative estimate of drug-likeness (QED) is 0.838. The summed E-state index contributed by atoms with van der Waals surface area (Å²) in [6.45, 7) is 0. The summed E-state index contributed by atoms with van der Waals surface area (Å²) in [5.41, 5.74) is 6.78. The van der Waals surface area contributed by atoms with Crippen molar-refractivity contribution in [1.29, 1.82) is 0 Å². The fourth-order valence-corrected chi connectivity index (χ4v) is 1.49. The second kappa shape index (κ2) is 4.00. The van der Waals surface area contributed by atoms with Crippen LogP contribution in [-0.2, 0) is 7.05 Å². The number of hydrogen-bond donors (Lipinski definition) is 1. The van der Waals surface area contributed by atoms with Gasteiger partial charge in [0, 0.05) is 25.6 Å². The molecule has 4 nitrogen and oxygen atoms in total. The molecule has 15 heavy (non-hydrogen) atoms. The molecule has 2 N–H and O–H groups in total. The van der Waals surface area contributed by atoms with Gasteiger partial charge in [0.2, 0.25) is 0 Å². The molecule has 2 aromatic rings. The third-order valence-corrected chi connectivity index (χ3v) is 2.43. The summed E-state index contributed by atoms with van der Waals surface area (Å²) in [7, 11) is 1.90. The van der Waals surface area contributed by atoms with Crippen LogP contribution in [0.2, 0.25) is 5.02 Å². The fraction of sp³-hybridized carbons (Fsp3) is 0.200. The predicted molar refractivity (Wildman–Crippen MR) is 58.5 cm³/mol. The van der Waals surface area contributed by atoms with Gasteiger partial charge in [-0.05, 0) is 12.1 Å². The molecule has 0 fully saturated rings. The van der Waals surface area contributed by atoms with Gasteiger partial charge in [-0.3, -0.25) is 4.98 Å². The van der Waals surface area contributed by atoms with Crippen LogP contribution in [-0.4, -0.2) is 14.5 Å². The standard InChI is InChI=1S/C10H11ClN4/c1-15-5-4-13-10(15)9(12)8-3-2-7(11)6-14-8/h2-6,9H,12H2,1H3. The van der Waals surface area contributed by atoms with E-state index >= 15 is 0 Å². The second-order valence-electron chi connectivity index (χ2n) is 3.28. The number of rotatable bonds is 2. The van der Waals surface area contributed by atoms with Crippen molar-refractivity contribution in [3.05, 3.63) is 47.3 Å². The number of aromatic nitrogens is 3. The smallest absolute Gasteiger partial charge is 0.131 e. The summed E-state index contributed by atoms with van der Waals surface area (Å²) < 4.78 is 1.88. The zero-order valence-electron chi connectivity index (χ0n) is 8.26. The molecule has 0 aliphatic rings. The van der Waals surface area contributed by atoms with E-state index in [9.17, 15) is 0 Å². The van der Waals surface area contributed by atoms with E-state index in [0.29, 0.717) is 5.02 Å². The summed E-state index contributed by atoms with van der Waals surface area (Å²) in [6, 6.07) is 3.26. The minimum absolute atomic E-state index is 0.317. The largest absolute Gasteiger partial charge is 0.336 e. The molecule has 1 atom stereocenters. The van der Waals surface area contributed by atoms with E-state index in [0.717, 1.165) is 11.5 Å². The van der Waals surface area contributed by atoms with E-state index < -0.39 is 0 Å². The molecule has 0 saturated heterocycles. The minimum Gasteiger partial charge on any atom is -0.336 e. The molecule has 0 bridgehead atoms. The van der Waals surface area contributed by atoms with Gasteiger partial charge in [-0.2, -0.15) is 0 Å². The Balaban J connectivity index is 2.32. The number of hydrogen-bond acceptors (Lipinski definition) is 3. The third-order valence-electron chi connectivity index (χ3n) is 2.21. The molecular formula is C10H11ClN4. The highest BCUT2D eigenvalue weighted by Crippen LogP contribution is 2.16. The van der Waals surface area contributed by atoms with Crippen LogP contribution in [0.5, 0.6) is 0 Å². The lowest BCUT2D eigenvalue weighted by molar-refractivity contribution is 0.700. The Hall–Kier alpha value is -1.39. The monoisotopic (exact) mass is 222 g/mol. The maximum atomic E-state index is 6.02. The van der Waals surface area contributed by atoms with Crippen molar-refractivity contribution in [3.8, 4) is 0 Å². The molecule has 0 spiro atoms. The molecule has 2 heterocycles. The Kier molecular flexibility index (Phi) is 2.70. The number of nitrogens with two attached hydrogens (primary N) is 1. The van der Waals surface area contributed by atoms with Crippen LogP contribution in [0.1, 0.15) is 17.6 Å². The van der Waals surface area contributed by atoms with Crippen molar-refractivity contribution in [2.75, 3.05) is 0 Å². The Morgan fingerprint density at radius 2 is 2.20 bits per heavy atom. The lowest BCUT2D eigenvalue weighted by Crippen LogP contribution is -2.17. The van der Waals surface area contributed by atoms with Gasteiger partial charge in [0.15, 0.2) is 0 Å². The zero-order valence-corrected chi connectivity index (χ0v) is 9.02. The number of imidazole rings is 1. The number of halogens is 1. The summed E-state index contributed by atoms with van der Waals surface area (Å²) in [4.78, 5) is 8.34. The van der Waals surface area contributed by atoms with Crippen molar-refractivity contribution in [2.24, 2.45) is 12.8 Å². The summed E-state index contributed by atoms with van der Waals surface area (Å²) in [5, 5.41) is 0.603. The number of pyridine rings is 1. The molecule has 0 amide bonds. The average Bonchev–Trinajstić information content (AvgIpc) is 2.65. The molecule has 1 unspecified atom stereocenters. The Labute approximate surface area is 92.7 Å². The molecule has 2 rings (SSSR count). The van der Waals surface area contributed by atoms with Gasteiger partial charge in [-0.25, -0.2) is 4.98 Å². The molecule has 5 heteroatoms. The minimum atomic E-state index is -0.317. The van der Waals surface area contributed by atoms with Gasteiger partial charge < -0.3 is 10.3 Å². The van der Waals surface area contributed by atoms with Crippen molar-refractivity contribution >= 4 is 11.6 Å². The maximum Gasteiger partial charge on any atom is 0.131 e. The van der Waals surface area contributed by atoms with E-state index in [4.69, 9.17) is 17.3 Å². The first kappa shape index (κ1) is 10.1. The van der Waals surface area contributed by atoms with Crippen LogP contribution in [0.4, 0.5) is 0 Å². The highest BCUT2D eigenvalue weighted by molar-refractivity contribution is 6.30. The van der Waals surface area contributed by atoms with E-state index in [1.807, 2.05) is 23.9 Å². The second-order valence-corrected chi connectivity index (χ2v) is 3.71. The van der Waals surface area contributed by atoms with Gasteiger partial charge in [-0.15, -0.1) is 0 Å². The highest BCUT2D eigenvalue weighted by atomic mass is 35.5. The molecule has 78 valence electrons. The molecule has 2 aromatic heterocycles. The highest BCUT2D eigenvalue weighted by Gasteiger charge is 2.14. The lowest BCUT2D eigenvalue weighted by atomic mass is 10.2. The first-order valence-corrected chi connectivity index (χ1v) is 4.90. The number of aryl methyl sites for hydroxylation is 1. The van der Waals surface area contributed by atoms with Gasteiger partial charge in [-0.1, -0.05) is 11.6 Å². The molecular weight excluding hydrogens is 212 g/mol. The summed E-state index contributed by atoms with van der Waals surface area (Å²) in [6.07, 6.45) is 5.15. The van der Waals surface area contributed by atoms with Crippen LogP contribution in [0.25, 0.3) is 0 Å². The summed E-state index contributed by atoms with van der Waals surface area (Å²) in [5.74, 6) is 0.782. The summed E-state index contributed by atoms with van der Waals surface area (Å²) >= 11 is 5.75. The lowest BCUT2D eigenvalue weighted by Gasteiger charge is -2.10. The fourth-order valence-electron chi connectivity index (χ4n) is 1.38. The predicted octanol–water partition coefficient (Wildman–Crippen LogP) is 1.52. The maximum absolute atomic E-state index is 6.02. The first-order valence-electron chi connectivity index (χ1n) is 4.52. The Morgan fingerprint density at radius 1 is 1.40 bits per heavy atom. The van der Waals surface area contributed by atoms with Crippen LogP contribution in [0.15, 0.2) is 30.7 Å². The SMILES string of the molecule is Cn1ccnc1C(N)c1ccc(Cl)cn1. The normalized spacial score (nSPS) is 12.7. The first-order chi connectivity index (χ1) is 7.18. The van der Waals surface area contributed by atoms with E-state index in [-0.39, 0.29) is 6.04 Å². The van der Waals surface area contributed by atoms with Crippen LogP contribution < -0.4 is 5.73 Å². The molecule has 0 aromatic carbocycles. The van der Waals surface area contributed by atoms with E-state index in [1.54, 1.807) is 18.5 Å². The van der Waals surface area contributed by atoms with E-state index in [1.165, 1.54) is 0 Å². The molecule has 0 aliphatic carbocycles. The van der Waals surface area contributed by atoms with E-state index in [2.05, 4.69) is 9.97 Å². The molecule has 0 saturated carbocycles. The van der Waals surface area contributed by atoms with Crippen LogP contribution in [0, 0.1) is 0 Å². The molecule has 0 aliphatic heterocycles. The Morgan fingerprint density at radius 3 is 2.73 bits per heavy atom. The van der Waals surface area contributed by atoms with Crippen molar-refractivity contribution in [1.82, 2.24) is 14.5 Å². The van der Waals surface area contributed by atoms with Gasteiger partial charge in [0.25, 0.3) is 0 Å². The number of nitrogens with zero attached hydrogens (tertiary/aromatic N) is 3. The third kappa shape index (κ3) is 2.00. The van der Waals surface area contributed by atoms with Crippen LogP contribution in [0.3, 0.4) is 0 Å². The van der Waals surface area contributed by atoms with Gasteiger partial charge in [0.05, 0.1) is 10.7 Å². The van der Waals surface area contributed by atoms with Gasteiger partial charge in [0.1, 0.15) is 11.9 Å². The topological polar surface area (TPSA) is 56.7 Å². The van der Waals surface area contributed by atoms with Gasteiger partial charge >= 0.3 is 0 Å². The van der Waals surface area contributed by atoms with Crippen molar-refractivity contribution < 1.29 is 0 Å².